The molecule has 0 aliphatic rings. The molecular formula is C21H20N4OS2. The lowest BCUT2D eigenvalue weighted by molar-refractivity contribution is -0.116. The topological polar surface area (TPSA) is 61.9 Å². The summed E-state index contributed by atoms with van der Waals surface area (Å²) in [5, 5.41) is 12.1. The van der Waals surface area contributed by atoms with E-state index in [1.54, 1.807) is 11.3 Å². The smallest absolute Gasteiger partial charge is 0.237 e. The number of aromatic amines is 1. The van der Waals surface area contributed by atoms with Crippen LogP contribution in [0.5, 0.6) is 0 Å². The van der Waals surface area contributed by atoms with Gasteiger partial charge in [-0.25, -0.2) is 4.98 Å². The molecule has 0 saturated carbocycles. The van der Waals surface area contributed by atoms with Crippen molar-refractivity contribution in [3.05, 3.63) is 70.7 Å². The summed E-state index contributed by atoms with van der Waals surface area (Å²) in [4.78, 5) is 20.5. The molecule has 0 radical (unpaired) electrons. The Morgan fingerprint density at radius 1 is 1.14 bits per heavy atom. The number of thioether (sulfide) groups is 1. The van der Waals surface area contributed by atoms with Gasteiger partial charge in [-0.1, -0.05) is 54.2 Å². The van der Waals surface area contributed by atoms with Gasteiger partial charge < -0.3 is 4.90 Å². The number of thiophene rings is 1. The van der Waals surface area contributed by atoms with Crippen molar-refractivity contribution in [3.63, 3.8) is 0 Å². The molecular weight excluding hydrogens is 388 g/mol. The van der Waals surface area contributed by atoms with Crippen LogP contribution in [0.2, 0.25) is 0 Å². The molecule has 2 aromatic heterocycles. The average Bonchev–Trinajstić information content (AvgIpc) is 3.40. The van der Waals surface area contributed by atoms with E-state index in [4.69, 9.17) is 0 Å². The Kier molecular flexibility index (Phi) is 5.73. The Morgan fingerprint density at radius 2 is 2.00 bits per heavy atom. The minimum absolute atomic E-state index is 0.0495. The maximum atomic E-state index is 12.9. The molecule has 2 heterocycles. The van der Waals surface area contributed by atoms with Gasteiger partial charge in [0.15, 0.2) is 0 Å². The first-order valence-electron chi connectivity index (χ1n) is 9.09. The summed E-state index contributed by atoms with van der Waals surface area (Å²) in [6.45, 7) is 2.61. The highest BCUT2D eigenvalue weighted by atomic mass is 32.2. The number of benzene rings is 2. The van der Waals surface area contributed by atoms with E-state index >= 15 is 0 Å². The molecule has 7 heteroatoms. The Balaban J connectivity index is 1.44. The molecule has 0 aliphatic heterocycles. The number of carbonyl (C=O) groups excluding carboxylic acids is 1. The molecule has 0 fully saturated rings. The second kappa shape index (κ2) is 8.58. The standard InChI is InChI=1S/C21H20N4OS2/c1-2-25(18-11-5-8-15-7-3-4-10-17(15)18)20(26)14-28-21-22-19(23-24-21)13-16-9-6-12-27-16/h3-12H,2,13-14H2,1H3,(H,22,23,24). The zero-order valence-corrected chi connectivity index (χ0v) is 17.1. The number of carbonyl (C=O) groups is 1. The summed E-state index contributed by atoms with van der Waals surface area (Å²) in [6, 6.07) is 18.3. The molecule has 0 atom stereocenters. The number of hydrogen-bond acceptors (Lipinski definition) is 5. The molecule has 2 aromatic carbocycles. The fourth-order valence-electron chi connectivity index (χ4n) is 3.13. The Labute approximate surface area is 171 Å². The van der Waals surface area contributed by atoms with E-state index in [9.17, 15) is 4.79 Å². The highest BCUT2D eigenvalue weighted by Gasteiger charge is 2.17. The van der Waals surface area contributed by atoms with Gasteiger partial charge in [0.2, 0.25) is 11.1 Å². The van der Waals surface area contributed by atoms with Crippen LogP contribution in [-0.2, 0) is 11.2 Å². The third-order valence-electron chi connectivity index (χ3n) is 4.43. The summed E-state index contributed by atoms with van der Waals surface area (Å²) < 4.78 is 0. The lowest BCUT2D eigenvalue weighted by atomic mass is 10.1. The summed E-state index contributed by atoms with van der Waals surface area (Å²) in [5.41, 5.74) is 0.944. The van der Waals surface area contributed by atoms with Crippen molar-refractivity contribution in [2.75, 3.05) is 17.2 Å². The minimum Gasteiger partial charge on any atom is -0.311 e. The normalized spacial score (nSPS) is 11.0. The Morgan fingerprint density at radius 3 is 2.82 bits per heavy atom. The van der Waals surface area contributed by atoms with Crippen LogP contribution < -0.4 is 4.90 Å². The molecule has 28 heavy (non-hydrogen) atoms. The van der Waals surface area contributed by atoms with E-state index < -0.39 is 0 Å². The molecule has 0 aliphatic carbocycles. The van der Waals surface area contributed by atoms with E-state index in [1.807, 2.05) is 47.5 Å². The zero-order chi connectivity index (χ0) is 19.3. The number of fused-ring (bicyclic) bond motifs is 1. The van der Waals surface area contributed by atoms with Gasteiger partial charge in [-0.3, -0.25) is 9.89 Å². The van der Waals surface area contributed by atoms with Gasteiger partial charge in [0.05, 0.1) is 11.4 Å². The monoisotopic (exact) mass is 408 g/mol. The van der Waals surface area contributed by atoms with Crippen molar-refractivity contribution in [2.24, 2.45) is 0 Å². The molecule has 0 bridgehead atoms. The second-order valence-electron chi connectivity index (χ2n) is 6.25. The summed E-state index contributed by atoms with van der Waals surface area (Å²) >= 11 is 3.06. The van der Waals surface area contributed by atoms with E-state index in [1.165, 1.54) is 16.6 Å². The predicted molar refractivity (Wildman–Crippen MR) is 116 cm³/mol. The van der Waals surface area contributed by atoms with Gasteiger partial charge in [0.1, 0.15) is 5.82 Å². The zero-order valence-electron chi connectivity index (χ0n) is 15.5. The number of anilines is 1. The summed E-state index contributed by atoms with van der Waals surface area (Å²) in [7, 11) is 0. The summed E-state index contributed by atoms with van der Waals surface area (Å²) in [6.07, 6.45) is 0.732. The second-order valence-corrected chi connectivity index (χ2v) is 8.22. The van der Waals surface area contributed by atoms with Crippen LogP contribution in [0.25, 0.3) is 10.8 Å². The molecule has 1 amide bonds. The first-order valence-corrected chi connectivity index (χ1v) is 11.0. The van der Waals surface area contributed by atoms with Crippen molar-refractivity contribution in [3.8, 4) is 0 Å². The van der Waals surface area contributed by atoms with Crippen LogP contribution in [0, 0.1) is 0 Å². The molecule has 4 aromatic rings. The van der Waals surface area contributed by atoms with Crippen LogP contribution in [0.1, 0.15) is 17.6 Å². The highest BCUT2D eigenvalue weighted by molar-refractivity contribution is 7.99. The van der Waals surface area contributed by atoms with E-state index in [-0.39, 0.29) is 5.91 Å². The van der Waals surface area contributed by atoms with Crippen molar-refractivity contribution in [1.29, 1.82) is 0 Å². The van der Waals surface area contributed by atoms with Crippen molar-refractivity contribution >= 4 is 45.5 Å². The average molecular weight is 409 g/mol. The fourth-order valence-corrected chi connectivity index (χ4v) is 4.53. The molecule has 0 unspecified atom stereocenters. The van der Waals surface area contributed by atoms with Gasteiger partial charge >= 0.3 is 0 Å². The van der Waals surface area contributed by atoms with Crippen LogP contribution in [0.15, 0.2) is 65.1 Å². The van der Waals surface area contributed by atoms with Crippen molar-refractivity contribution < 1.29 is 4.79 Å². The number of amides is 1. The molecule has 5 nitrogen and oxygen atoms in total. The molecule has 142 valence electrons. The minimum atomic E-state index is 0.0495. The van der Waals surface area contributed by atoms with Crippen LogP contribution >= 0.6 is 23.1 Å². The fraction of sp³-hybridized carbons (Fsp3) is 0.190. The van der Waals surface area contributed by atoms with E-state index in [0.717, 1.165) is 28.7 Å². The summed E-state index contributed by atoms with van der Waals surface area (Å²) in [5.74, 6) is 1.17. The Bertz CT molecular complexity index is 1070. The predicted octanol–water partition coefficient (Wildman–Crippen LogP) is 4.76. The molecule has 4 rings (SSSR count). The lowest BCUT2D eigenvalue weighted by Gasteiger charge is -2.22. The van der Waals surface area contributed by atoms with E-state index in [2.05, 4.69) is 39.4 Å². The first-order chi connectivity index (χ1) is 13.7. The van der Waals surface area contributed by atoms with Gasteiger partial charge in [0, 0.05) is 23.2 Å². The van der Waals surface area contributed by atoms with E-state index in [0.29, 0.717) is 17.5 Å². The quantitative estimate of drug-likeness (QED) is 0.448. The van der Waals surface area contributed by atoms with Gasteiger partial charge in [-0.2, -0.15) is 0 Å². The number of H-pyrrole nitrogens is 1. The number of aromatic nitrogens is 3. The third kappa shape index (κ3) is 4.10. The molecule has 1 N–H and O–H groups in total. The van der Waals surface area contributed by atoms with Gasteiger partial charge in [-0.05, 0) is 29.8 Å². The largest absolute Gasteiger partial charge is 0.311 e. The SMILES string of the molecule is CCN(C(=O)CSc1n[nH]c(Cc2cccs2)n1)c1cccc2ccccc12. The number of hydrogen-bond donors (Lipinski definition) is 1. The number of nitrogens with one attached hydrogen (secondary N) is 1. The number of rotatable bonds is 7. The maximum absolute atomic E-state index is 12.9. The third-order valence-corrected chi connectivity index (χ3v) is 6.14. The van der Waals surface area contributed by atoms with Gasteiger partial charge in [-0.15, -0.1) is 16.4 Å². The highest BCUT2D eigenvalue weighted by Crippen LogP contribution is 2.27. The van der Waals surface area contributed by atoms with Crippen LogP contribution in [-0.4, -0.2) is 33.4 Å². The molecule has 0 saturated heterocycles. The number of nitrogens with zero attached hydrogens (tertiary/aromatic N) is 3. The lowest BCUT2D eigenvalue weighted by Crippen LogP contribution is -2.32. The Hall–Kier alpha value is -2.64. The first kappa shape index (κ1) is 18.7. The van der Waals surface area contributed by atoms with Crippen molar-refractivity contribution in [2.45, 2.75) is 18.5 Å². The van der Waals surface area contributed by atoms with Gasteiger partial charge in [0.25, 0.3) is 0 Å². The molecule has 0 spiro atoms. The van der Waals surface area contributed by atoms with Crippen LogP contribution in [0.4, 0.5) is 5.69 Å². The maximum Gasteiger partial charge on any atom is 0.237 e. The van der Waals surface area contributed by atoms with Crippen LogP contribution in [0.3, 0.4) is 0 Å². The van der Waals surface area contributed by atoms with Crippen molar-refractivity contribution in [1.82, 2.24) is 15.2 Å².